The summed E-state index contributed by atoms with van der Waals surface area (Å²) >= 11 is 8.94. The van der Waals surface area contributed by atoms with E-state index >= 15 is 0 Å². The number of hydrazine groups is 1. The van der Waals surface area contributed by atoms with Crippen molar-refractivity contribution in [3.63, 3.8) is 0 Å². The highest BCUT2D eigenvalue weighted by atomic mass is 79.9. The maximum absolute atomic E-state index is 11.8. The lowest BCUT2D eigenvalue weighted by Gasteiger charge is -2.08. The first-order valence-electron chi connectivity index (χ1n) is 6.74. The van der Waals surface area contributed by atoms with Gasteiger partial charge in [0.1, 0.15) is 0 Å². The molecule has 124 valence electrons. The summed E-state index contributed by atoms with van der Waals surface area (Å²) in [6, 6.07) is 12.8. The molecule has 0 aliphatic rings. The van der Waals surface area contributed by atoms with Gasteiger partial charge in [-0.2, -0.15) is 0 Å². The molecule has 2 amide bonds. The fourth-order valence-corrected chi connectivity index (χ4v) is 2.24. The molecule has 0 spiro atoms. The van der Waals surface area contributed by atoms with Gasteiger partial charge in [-0.1, -0.05) is 23.7 Å². The van der Waals surface area contributed by atoms with Gasteiger partial charge in [-0.05, 0) is 52.3 Å². The zero-order valence-corrected chi connectivity index (χ0v) is 14.6. The summed E-state index contributed by atoms with van der Waals surface area (Å²) < 4.78 is 5.44. The molecule has 0 aliphatic carbocycles. The lowest BCUT2D eigenvalue weighted by atomic mass is 10.2. The van der Waals surface area contributed by atoms with Gasteiger partial charge in [0.25, 0.3) is 11.8 Å². The summed E-state index contributed by atoms with van der Waals surface area (Å²) in [5.41, 5.74) is 4.99. The van der Waals surface area contributed by atoms with Gasteiger partial charge < -0.3 is 4.74 Å². The maximum Gasteiger partial charge on any atom is 0.339 e. The van der Waals surface area contributed by atoms with E-state index in [1.165, 1.54) is 12.1 Å². The molecule has 6 nitrogen and oxygen atoms in total. The van der Waals surface area contributed by atoms with Crippen LogP contribution in [0.4, 0.5) is 0 Å². The SMILES string of the molecule is O=C(COC(=O)c1ccccc1Br)NNC(=O)c1ccc(Cl)cc1. The average Bonchev–Trinajstić information content (AvgIpc) is 2.58. The van der Waals surface area contributed by atoms with Crippen molar-refractivity contribution in [2.24, 2.45) is 0 Å². The van der Waals surface area contributed by atoms with Crippen molar-refractivity contribution in [1.29, 1.82) is 0 Å². The summed E-state index contributed by atoms with van der Waals surface area (Å²) in [6.45, 7) is -0.527. The molecule has 0 atom stereocenters. The maximum atomic E-state index is 11.8. The normalized spacial score (nSPS) is 9.92. The number of amides is 2. The number of carbonyl (C=O) groups excluding carboxylic acids is 3. The zero-order valence-electron chi connectivity index (χ0n) is 12.2. The van der Waals surface area contributed by atoms with Gasteiger partial charge in [0.15, 0.2) is 6.61 Å². The topological polar surface area (TPSA) is 84.5 Å². The third-order valence-electron chi connectivity index (χ3n) is 2.85. The van der Waals surface area contributed by atoms with E-state index in [-0.39, 0.29) is 0 Å². The average molecular weight is 412 g/mol. The van der Waals surface area contributed by atoms with Gasteiger partial charge in [0.2, 0.25) is 0 Å². The Labute approximate surface area is 151 Å². The Kier molecular flexibility index (Phi) is 6.34. The molecule has 0 aliphatic heterocycles. The van der Waals surface area contributed by atoms with Crippen molar-refractivity contribution in [3.8, 4) is 0 Å². The number of hydrogen-bond acceptors (Lipinski definition) is 4. The second-order valence-electron chi connectivity index (χ2n) is 4.57. The van der Waals surface area contributed by atoms with E-state index in [1.807, 2.05) is 0 Å². The molecule has 2 N–H and O–H groups in total. The van der Waals surface area contributed by atoms with E-state index < -0.39 is 24.4 Å². The summed E-state index contributed by atoms with van der Waals surface area (Å²) in [5, 5.41) is 0.495. The first-order valence-corrected chi connectivity index (χ1v) is 7.91. The van der Waals surface area contributed by atoms with Crippen LogP contribution in [0.25, 0.3) is 0 Å². The molecule has 2 aromatic carbocycles. The van der Waals surface area contributed by atoms with Crippen LogP contribution >= 0.6 is 27.5 Å². The second kappa shape index (κ2) is 8.47. The molecule has 0 unspecified atom stereocenters. The second-order valence-corrected chi connectivity index (χ2v) is 5.86. The van der Waals surface area contributed by atoms with Gasteiger partial charge in [0.05, 0.1) is 5.56 Å². The Morgan fingerprint density at radius 1 is 1.00 bits per heavy atom. The van der Waals surface area contributed by atoms with Crippen molar-refractivity contribution >= 4 is 45.3 Å². The van der Waals surface area contributed by atoms with Crippen molar-refractivity contribution in [1.82, 2.24) is 10.9 Å². The van der Waals surface area contributed by atoms with E-state index in [4.69, 9.17) is 16.3 Å². The minimum absolute atomic E-state index is 0.301. The van der Waals surface area contributed by atoms with Gasteiger partial charge in [-0.3, -0.25) is 20.4 Å². The summed E-state index contributed by atoms with van der Waals surface area (Å²) in [5.74, 6) is -1.84. The molecular formula is C16H12BrClN2O4. The number of hydrogen-bond donors (Lipinski definition) is 2. The highest BCUT2D eigenvalue weighted by Crippen LogP contribution is 2.16. The Bertz CT molecular complexity index is 765. The van der Waals surface area contributed by atoms with Crippen LogP contribution in [0.2, 0.25) is 5.02 Å². The van der Waals surface area contributed by atoms with Crippen molar-refractivity contribution in [3.05, 3.63) is 69.2 Å². The van der Waals surface area contributed by atoms with E-state index in [9.17, 15) is 14.4 Å². The lowest BCUT2D eigenvalue weighted by Crippen LogP contribution is -2.43. The molecule has 0 saturated heterocycles. The fourth-order valence-electron chi connectivity index (χ4n) is 1.67. The van der Waals surface area contributed by atoms with Crippen molar-refractivity contribution in [2.75, 3.05) is 6.61 Å². The largest absolute Gasteiger partial charge is 0.452 e. The quantitative estimate of drug-likeness (QED) is 0.598. The molecule has 8 heteroatoms. The highest BCUT2D eigenvalue weighted by molar-refractivity contribution is 9.10. The van der Waals surface area contributed by atoms with Crippen LogP contribution in [0.15, 0.2) is 53.0 Å². The number of rotatable bonds is 4. The van der Waals surface area contributed by atoms with E-state index in [1.54, 1.807) is 36.4 Å². The van der Waals surface area contributed by atoms with Crippen LogP contribution in [-0.2, 0) is 9.53 Å². The molecule has 0 aromatic heterocycles. The number of carbonyl (C=O) groups is 3. The molecular weight excluding hydrogens is 400 g/mol. The Morgan fingerprint density at radius 3 is 2.33 bits per heavy atom. The fraction of sp³-hybridized carbons (Fsp3) is 0.0625. The number of halogens is 2. The van der Waals surface area contributed by atoms with Crippen LogP contribution in [-0.4, -0.2) is 24.4 Å². The predicted octanol–water partition coefficient (Wildman–Crippen LogP) is 2.72. The number of ether oxygens (including phenoxy) is 1. The molecule has 2 rings (SSSR count). The van der Waals surface area contributed by atoms with Crippen LogP contribution in [0, 0.1) is 0 Å². The number of benzene rings is 2. The molecule has 0 fully saturated rings. The molecule has 2 aromatic rings. The number of esters is 1. The minimum Gasteiger partial charge on any atom is -0.452 e. The minimum atomic E-state index is -0.669. The molecule has 24 heavy (non-hydrogen) atoms. The van der Waals surface area contributed by atoms with Crippen LogP contribution in [0.3, 0.4) is 0 Å². The molecule has 0 bridgehead atoms. The van der Waals surface area contributed by atoms with Crippen LogP contribution < -0.4 is 10.9 Å². The first-order chi connectivity index (χ1) is 11.5. The summed E-state index contributed by atoms with van der Waals surface area (Å²) in [7, 11) is 0. The van der Waals surface area contributed by atoms with Crippen LogP contribution in [0.5, 0.6) is 0 Å². The smallest absolute Gasteiger partial charge is 0.339 e. The number of nitrogens with one attached hydrogen (secondary N) is 2. The van der Waals surface area contributed by atoms with Crippen molar-refractivity contribution < 1.29 is 19.1 Å². The monoisotopic (exact) mass is 410 g/mol. The third-order valence-corrected chi connectivity index (χ3v) is 3.79. The summed E-state index contributed by atoms with van der Waals surface area (Å²) in [6.07, 6.45) is 0. The van der Waals surface area contributed by atoms with Crippen molar-refractivity contribution in [2.45, 2.75) is 0 Å². The van der Waals surface area contributed by atoms with Crippen LogP contribution in [0.1, 0.15) is 20.7 Å². The Morgan fingerprint density at radius 2 is 1.67 bits per heavy atom. The Hall–Kier alpha value is -2.38. The molecule has 0 saturated carbocycles. The van der Waals surface area contributed by atoms with Gasteiger partial charge >= 0.3 is 5.97 Å². The van der Waals surface area contributed by atoms with E-state index in [0.29, 0.717) is 20.6 Å². The van der Waals surface area contributed by atoms with Gasteiger partial charge in [-0.15, -0.1) is 0 Å². The standard InChI is InChI=1S/C16H12BrClN2O4/c17-13-4-2-1-3-12(13)16(23)24-9-14(21)19-20-15(22)10-5-7-11(18)8-6-10/h1-8H,9H2,(H,19,21)(H,20,22). The van der Waals surface area contributed by atoms with Gasteiger partial charge in [0, 0.05) is 15.1 Å². The third kappa shape index (κ3) is 5.07. The summed E-state index contributed by atoms with van der Waals surface area (Å²) in [4.78, 5) is 35.2. The Balaban J connectivity index is 1.79. The first kappa shape index (κ1) is 18.0. The molecule has 0 heterocycles. The molecule has 0 radical (unpaired) electrons. The van der Waals surface area contributed by atoms with E-state index in [2.05, 4.69) is 26.8 Å². The van der Waals surface area contributed by atoms with Gasteiger partial charge in [-0.25, -0.2) is 4.79 Å². The van der Waals surface area contributed by atoms with E-state index in [0.717, 1.165) is 0 Å². The lowest BCUT2D eigenvalue weighted by molar-refractivity contribution is -0.125. The highest BCUT2D eigenvalue weighted by Gasteiger charge is 2.13. The zero-order chi connectivity index (χ0) is 17.5. The predicted molar refractivity (Wildman–Crippen MR) is 91.5 cm³/mol.